The van der Waals surface area contributed by atoms with Crippen LogP contribution in [0.2, 0.25) is 5.15 Å². The molecule has 0 aliphatic rings. The Morgan fingerprint density at radius 3 is 2.85 bits per heavy atom. The maximum absolute atomic E-state index is 10.8. The van der Waals surface area contributed by atoms with Gasteiger partial charge in [0.2, 0.25) is 0 Å². The summed E-state index contributed by atoms with van der Waals surface area (Å²) in [5.41, 5.74) is 0.647. The van der Waals surface area contributed by atoms with E-state index in [0.29, 0.717) is 20.2 Å². The molecule has 2 aromatic rings. The first-order chi connectivity index (χ1) is 6.18. The van der Waals surface area contributed by atoms with E-state index in [0.717, 1.165) is 0 Å². The van der Waals surface area contributed by atoms with E-state index in [1.54, 1.807) is 6.07 Å². The van der Waals surface area contributed by atoms with Crippen LogP contribution >= 0.6 is 34.5 Å². The molecule has 0 aliphatic heterocycles. The topological polar surface area (TPSA) is 42.9 Å². The number of carbonyl (C=O) groups excluding carboxylic acids is 1. The average Bonchev–Trinajstić information content (AvgIpc) is 2.49. The van der Waals surface area contributed by atoms with E-state index < -0.39 is 5.24 Å². The second-order valence-electron chi connectivity index (χ2n) is 2.26. The third-order valence-corrected chi connectivity index (χ3v) is 3.31. The van der Waals surface area contributed by atoms with Gasteiger partial charge in [-0.3, -0.25) is 4.79 Å². The van der Waals surface area contributed by atoms with E-state index in [1.165, 1.54) is 17.7 Å². The van der Waals surface area contributed by atoms with Gasteiger partial charge in [0, 0.05) is 0 Å². The first-order valence-electron chi connectivity index (χ1n) is 3.28. The highest BCUT2D eigenvalue weighted by molar-refractivity contribution is 7.22. The predicted molar refractivity (Wildman–Crippen MR) is 52.6 cm³/mol. The van der Waals surface area contributed by atoms with Gasteiger partial charge >= 0.3 is 0 Å². The van der Waals surface area contributed by atoms with Gasteiger partial charge in [0.15, 0.2) is 0 Å². The normalized spacial score (nSPS) is 10.6. The van der Waals surface area contributed by atoms with Crippen LogP contribution in [0.25, 0.3) is 10.2 Å². The Hall–Kier alpha value is -0.710. The molecule has 0 bridgehead atoms. The molecule has 6 heteroatoms. The summed E-state index contributed by atoms with van der Waals surface area (Å²) in [6.07, 6.45) is 1.35. The summed E-state index contributed by atoms with van der Waals surface area (Å²) in [6.45, 7) is 0. The highest BCUT2D eigenvalue weighted by Crippen LogP contribution is 2.29. The standard InChI is InChI=1S/C7H2Cl2N2OS/c8-6-5-3(10-2-11-6)1-4(13-5)7(9)12/h1-2H. The number of hydrogen-bond acceptors (Lipinski definition) is 4. The Morgan fingerprint density at radius 2 is 2.23 bits per heavy atom. The Labute approximate surface area is 87.3 Å². The van der Waals surface area contributed by atoms with Crippen LogP contribution in [0, 0.1) is 0 Å². The average molecular weight is 233 g/mol. The van der Waals surface area contributed by atoms with E-state index in [-0.39, 0.29) is 0 Å². The van der Waals surface area contributed by atoms with E-state index in [2.05, 4.69) is 9.97 Å². The fourth-order valence-corrected chi connectivity index (χ4v) is 2.17. The fraction of sp³-hybridized carbons (Fsp3) is 0. The van der Waals surface area contributed by atoms with Crippen molar-refractivity contribution in [2.45, 2.75) is 0 Å². The Balaban J connectivity index is 2.75. The lowest BCUT2D eigenvalue weighted by molar-refractivity contribution is 0.108. The SMILES string of the molecule is O=C(Cl)c1cc2ncnc(Cl)c2s1. The van der Waals surface area contributed by atoms with Gasteiger partial charge in [-0.05, 0) is 17.7 Å². The maximum atomic E-state index is 10.8. The zero-order chi connectivity index (χ0) is 9.42. The smallest absolute Gasteiger partial charge is 0.262 e. The second kappa shape index (κ2) is 3.21. The minimum Gasteiger partial charge on any atom is -0.275 e. The lowest BCUT2D eigenvalue weighted by Crippen LogP contribution is -1.79. The van der Waals surface area contributed by atoms with Gasteiger partial charge in [-0.1, -0.05) is 11.6 Å². The lowest BCUT2D eigenvalue weighted by Gasteiger charge is -1.87. The van der Waals surface area contributed by atoms with Crippen LogP contribution in [0.1, 0.15) is 9.67 Å². The summed E-state index contributed by atoms with van der Waals surface area (Å²) >= 11 is 12.3. The first-order valence-corrected chi connectivity index (χ1v) is 4.85. The van der Waals surface area contributed by atoms with Crippen molar-refractivity contribution in [2.75, 3.05) is 0 Å². The molecule has 0 atom stereocenters. The number of fused-ring (bicyclic) bond motifs is 1. The molecule has 0 saturated carbocycles. The monoisotopic (exact) mass is 232 g/mol. The fourth-order valence-electron chi connectivity index (χ4n) is 0.922. The minimum atomic E-state index is -0.501. The molecule has 0 spiro atoms. The number of nitrogens with zero attached hydrogens (tertiary/aromatic N) is 2. The van der Waals surface area contributed by atoms with Crippen LogP contribution in [0.5, 0.6) is 0 Å². The molecular weight excluding hydrogens is 231 g/mol. The molecule has 0 aliphatic carbocycles. The third kappa shape index (κ3) is 1.52. The molecule has 66 valence electrons. The molecule has 2 heterocycles. The highest BCUT2D eigenvalue weighted by atomic mass is 35.5. The molecule has 0 fully saturated rings. The molecule has 0 saturated heterocycles. The number of rotatable bonds is 1. The zero-order valence-electron chi connectivity index (χ0n) is 6.12. The van der Waals surface area contributed by atoms with E-state index in [1.807, 2.05) is 0 Å². The molecule has 3 nitrogen and oxygen atoms in total. The van der Waals surface area contributed by atoms with Crippen LogP contribution in [0.4, 0.5) is 0 Å². The summed E-state index contributed by atoms with van der Waals surface area (Å²) in [7, 11) is 0. The van der Waals surface area contributed by atoms with Crippen LogP contribution < -0.4 is 0 Å². The molecule has 0 unspecified atom stereocenters. The third-order valence-electron chi connectivity index (χ3n) is 1.46. The number of aromatic nitrogens is 2. The van der Waals surface area contributed by atoms with Crippen molar-refractivity contribution >= 4 is 50.0 Å². The van der Waals surface area contributed by atoms with Gasteiger partial charge in [0.1, 0.15) is 11.5 Å². The van der Waals surface area contributed by atoms with Crippen molar-refractivity contribution in [1.29, 1.82) is 0 Å². The molecule has 0 radical (unpaired) electrons. The number of carbonyl (C=O) groups is 1. The van der Waals surface area contributed by atoms with Gasteiger partial charge in [-0.25, -0.2) is 9.97 Å². The molecular formula is C7H2Cl2N2OS. The quantitative estimate of drug-likeness (QED) is 0.561. The van der Waals surface area contributed by atoms with Crippen LogP contribution in [-0.4, -0.2) is 15.2 Å². The second-order valence-corrected chi connectivity index (χ2v) is 4.02. The molecule has 0 aromatic carbocycles. The van der Waals surface area contributed by atoms with Gasteiger partial charge < -0.3 is 0 Å². The van der Waals surface area contributed by atoms with E-state index in [9.17, 15) is 4.79 Å². The van der Waals surface area contributed by atoms with Gasteiger partial charge in [-0.15, -0.1) is 11.3 Å². The van der Waals surface area contributed by atoms with Crippen LogP contribution in [0.15, 0.2) is 12.4 Å². The van der Waals surface area contributed by atoms with Gasteiger partial charge in [-0.2, -0.15) is 0 Å². The number of halogens is 2. The molecule has 0 amide bonds. The molecule has 2 aromatic heterocycles. The van der Waals surface area contributed by atoms with Crippen molar-refractivity contribution < 1.29 is 4.79 Å². The van der Waals surface area contributed by atoms with E-state index >= 15 is 0 Å². The van der Waals surface area contributed by atoms with Crippen molar-refractivity contribution in [3.05, 3.63) is 22.4 Å². The zero-order valence-corrected chi connectivity index (χ0v) is 8.45. The van der Waals surface area contributed by atoms with E-state index in [4.69, 9.17) is 23.2 Å². The Bertz CT molecular complexity index is 482. The number of thiophene rings is 1. The van der Waals surface area contributed by atoms with Crippen molar-refractivity contribution in [2.24, 2.45) is 0 Å². The summed E-state index contributed by atoms with van der Waals surface area (Å²) in [5.74, 6) is 0. The van der Waals surface area contributed by atoms with Gasteiger partial charge in [0.25, 0.3) is 5.24 Å². The van der Waals surface area contributed by atoms with Crippen LogP contribution in [0.3, 0.4) is 0 Å². The Morgan fingerprint density at radius 1 is 1.46 bits per heavy atom. The highest BCUT2D eigenvalue weighted by Gasteiger charge is 2.10. The molecule has 13 heavy (non-hydrogen) atoms. The molecule has 0 N–H and O–H groups in total. The van der Waals surface area contributed by atoms with Crippen molar-refractivity contribution in [1.82, 2.24) is 9.97 Å². The largest absolute Gasteiger partial charge is 0.275 e. The summed E-state index contributed by atoms with van der Waals surface area (Å²) in [5, 5.41) is -0.154. The predicted octanol–water partition coefficient (Wildman–Crippen LogP) is 2.72. The van der Waals surface area contributed by atoms with Gasteiger partial charge in [0.05, 0.1) is 15.1 Å². The summed E-state index contributed by atoms with van der Waals surface area (Å²) in [6, 6.07) is 1.60. The van der Waals surface area contributed by atoms with Crippen molar-refractivity contribution in [3.8, 4) is 0 Å². The van der Waals surface area contributed by atoms with Crippen molar-refractivity contribution in [3.63, 3.8) is 0 Å². The molecule has 2 rings (SSSR count). The number of hydrogen-bond donors (Lipinski definition) is 0. The lowest BCUT2D eigenvalue weighted by atomic mass is 10.4. The first kappa shape index (κ1) is 8.87. The van der Waals surface area contributed by atoms with Crippen LogP contribution in [-0.2, 0) is 0 Å². The summed E-state index contributed by atoms with van der Waals surface area (Å²) in [4.78, 5) is 19.0. The Kier molecular flexibility index (Phi) is 2.19. The minimum absolute atomic E-state index is 0.346. The maximum Gasteiger partial charge on any atom is 0.262 e. The summed E-state index contributed by atoms with van der Waals surface area (Å²) < 4.78 is 0.688.